The summed E-state index contributed by atoms with van der Waals surface area (Å²) in [6, 6.07) is 13.4. The summed E-state index contributed by atoms with van der Waals surface area (Å²) in [5.74, 6) is 1.54. The lowest BCUT2D eigenvalue weighted by Gasteiger charge is -2.36. The van der Waals surface area contributed by atoms with Gasteiger partial charge in [-0.1, -0.05) is 29.8 Å². The third kappa shape index (κ3) is 3.90. The molecule has 138 valence electrons. The zero-order valence-corrected chi connectivity index (χ0v) is 15.7. The quantitative estimate of drug-likeness (QED) is 0.868. The van der Waals surface area contributed by atoms with Gasteiger partial charge in [0.2, 0.25) is 12.7 Å². The molecule has 0 spiro atoms. The minimum atomic E-state index is -0.00559. The Bertz CT molecular complexity index is 800. The molecule has 1 saturated heterocycles. The minimum Gasteiger partial charge on any atom is -0.454 e. The van der Waals surface area contributed by atoms with Crippen LogP contribution in [-0.2, 0) is 11.2 Å². The van der Waals surface area contributed by atoms with E-state index in [0.29, 0.717) is 23.7 Å². The van der Waals surface area contributed by atoms with E-state index in [-0.39, 0.29) is 31.1 Å². The third-order valence-corrected chi connectivity index (χ3v) is 4.82. The topological polar surface area (TPSA) is 50.8 Å². The predicted molar refractivity (Wildman–Crippen MR) is 102 cm³/mol. The van der Waals surface area contributed by atoms with Crippen LogP contribution in [0.1, 0.15) is 17.2 Å². The van der Waals surface area contributed by atoms with Gasteiger partial charge in [0.25, 0.3) is 0 Å². The van der Waals surface area contributed by atoms with Gasteiger partial charge in [0.05, 0.1) is 12.5 Å². The first-order valence-electron chi connectivity index (χ1n) is 8.35. The molecular weight excluding hydrogens is 375 g/mol. The van der Waals surface area contributed by atoms with Crippen LogP contribution in [0.3, 0.4) is 0 Å². The van der Waals surface area contributed by atoms with E-state index in [1.54, 1.807) is 0 Å². The molecule has 0 aromatic heterocycles. The van der Waals surface area contributed by atoms with Gasteiger partial charge in [-0.3, -0.25) is 4.79 Å². The van der Waals surface area contributed by atoms with Crippen LogP contribution in [0.15, 0.2) is 42.5 Å². The van der Waals surface area contributed by atoms with Crippen molar-refractivity contribution in [3.63, 3.8) is 0 Å². The van der Waals surface area contributed by atoms with E-state index in [0.717, 1.165) is 30.0 Å². The van der Waals surface area contributed by atoms with Gasteiger partial charge in [0.1, 0.15) is 0 Å². The van der Waals surface area contributed by atoms with E-state index >= 15 is 0 Å². The summed E-state index contributed by atoms with van der Waals surface area (Å²) in [6.07, 6.45) is 0.341. The fourth-order valence-corrected chi connectivity index (χ4v) is 3.54. The van der Waals surface area contributed by atoms with Crippen molar-refractivity contribution >= 4 is 29.9 Å². The molecule has 1 fully saturated rings. The highest BCUT2D eigenvalue weighted by Crippen LogP contribution is 2.33. The molecule has 0 bridgehead atoms. The van der Waals surface area contributed by atoms with Crippen LogP contribution < -0.4 is 14.8 Å². The van der Waals surface area contributed by atoms with Gasteiger partial charge in [-0.15, -0.1) is 12.4 Å². The van der Waals surface area contributed by atoms with Crippen molar-refractivity contribution in [2.75, 3.05) is 26.4 Å². The number of piperazine rings is 1. The van der Waals surface area contributed by atoms with Crippen LogP contribution in [-0.4, -0.2) is 37.2 Å². The van der Waals surface area contributed by atoms with Crippen molar-refractivity contribution < 1.29 is 14.3 Å². The number of amides is 1. The number of hydrogen-bond acceptors (Lipinski definition) is 4. The Morgan fingerprint density at radius 2 is 2.04 bits per heavy atom. The summed E-state index contributed by atoms with van der Waals surface area (Å²) in [4.78, 5) is 14.9. The number of fused-ring (bicyclic) bond motifs is 1. The normalized spacial score (nSPS) is 18.3. The first-order chi connectivity index (χ1) is 12.2. The Morgan fingerprint density at radius 3 is 2.88 bits per heavy atom. The zero-order chi connectivity index (χ0) is 17.2. The van der Waals surface area contributed by atoms with Crippen LogP contribution >= 0.6 is 24.0 Å². The highest BCUT2D eigenvalue weighted by atomic mass is 35.5. The van der Waals surface area contributed by atoms with Gasteiger partial charge in [-0.2, -0.15) is 0 Å². The zero-order valence-electron chi connectivity index (χ0n) is 14.1. The van der Waals surface area contributed by atoms with Crippen LogP contribution in [0.5, 0.6) is 11.5 Å². The average molecular weight is 395 g/mol. The number of benzene rings is 2. The van der Waals surface area contributed by atoms with Gasteiger partial charge in [0.15, 0.2) is 11.5 Å². The fraction of sp³-hybridized carbons (Fsp3) is 0.316. The van der Waals surface area contributed by atoms with E-state index < -0.39 is 0 Å². The van der Waals surface area contributed by atoms with Crippen LogP contribution in [0, 0.1) is 0 Å². The van der Waals surface area contributed by atoms with Crippen molar-refractivity contribution in [1.82, 2.24) is 10.2 Å². The van der Waals surface area contributed by atoms with Crippen LogP contribution in [0.25, 0.3) is 0 Å². The van der Waals surface area contributed by atoms with Gasteiger partial charge in [-0.05, 0) is 35.4 Å². The standard InChI is InChI=1S/C19H19ClN2O3.ClH/c20-15-3-1-2-14(10-15)16-11-21-6-7-22(16)19(23)9-13-4-5-17-18(8-13)25-12-24-17;/h1-5,8,10,16,21H,6-7,9,11-12H2;1H. The SMILES string of the molecule is Cl.O=C(Cc1ccc2c(c1)OCO2)N1CCNCC1c1cccc(Cl)c1. The molecule has 2 aromatic carbocycles. The molecule has 1 N–H and O–H groups in total. The Hall–Kier alpha value is -1.95. The molecule has 7 heteroatoms. The smallest absolute Gasteiger partial charge is 0.231 e. The summed E-state index contributed by atoms with van der Waals surface area (Å²) in [6.45, 7) is 2.44. The maximum Gasteiger partial charge on any atom is 0.231 e. The van der Waals surface area contributed by atoms with E-state index in [1.165, 1.54) is 0 Å². The Morgan fingerprint density at radius 1 is 1.19 bits per heavy atom. The molecule has 4 rings (SSSR count). The molecule has 0 saturated carbocycles. The van der Waals surface area contributed by atoms with Crippen LogP contribution in [0.2, 0.25) is 5.02 Å². The van der Waals surface area contributed by atoms with Gasteiger partial charge in [0, 0.05) is 24.7 Å². The monoisotopic (exact) mass is 394 g/mol. The summed E-state index contributed by atoms with van der Waals surface area (Å²) >= 11 is 6.13. The predicted octanol–water partition coefficient (Wildman–Crippen LogP) is 3.21. The van der Waals surface area contributed by atoms with Crippen molar-refractivity contribution in [2.45, 2.75) is 12.5 Å². The highest BCUT2D eigenvalue weighted by Gasteiger charge is 2.28. The summed E-state index contributed by atoms with van der Waals surface area (Å²) in [7, 11) is 0. The Balaban J connectivity index is 0.00000196. The maximum atomic E-state index is 12.9. The van der Waals surface area contributed by atoms with Crippen molar-refractivity contribution in [1.29, 1.82) is 0 Å². The van der Waals surface area contributed by atoms with Crippen molar-refractivity contribution in [2.24, 2.45) is 0 Å². The van der Waals surface area contributed by atoms with Gasteiger partial charge in [-0.25, -0.2) is 0 Å². The Labute approximate surface area is 163 Å². The molecule has 2 aliphatic rings. The Kier molecular flexibility index (Phi) is 5.91. The second-order valence-corrected chi connectivity index (χ2v) is 6.66. The minimum absolute atomic E-state index is 0. The van der Waals surface area contributed by atoms with Gasteiger partial charge < -0.3 is 19.7 Å². The second-order valence-electron chi connectivity index (χ2n) is 6.23. The molecule has 1 unspecified atom stereocenters. The van der Waals surface area contributed by atoms with E-state index in [4.69, 9.17) is 21.1 Å². The molecule has 0 radical (unpaired) electrons. The van der Waals surface area contributed by atoms with Gasteiger partial charge >= 0.3 is 0 Å². The molecular formula is C19H20Cl2N2O3. The summed E-state index contributed by atoms with van der Waals surface area (Å²) < 4.78 is 10.7. The molecule has 26 heavy (non-hydrogen) atoms. The first-order valence-corrected chi connectivity index (χ1v) is 8.73. The number of carbonyl (C=O) groups is 1. The first kappa shape index (κ1) is 18.8. The number of carbonyl (C=O) groups excluding carboxylic acids is 1. The molecule has 2 aromatic rings. The molecule has 2 heterocycles. The highest BCUT2D eigenvalue weighted by molar-refractivity contribution is 6.30. The number of nitrogens with one attached hydrogen (secondary N) is 1. The molecule has 1 amide bonds. The average Bonchev–Trinajstić information content (AvgIpc) is 3.09. The number of hydrogen-bond donors (Lipinski definition) is 1. The molecule has 0 aliphatic carbocycles. The van der Waals surface area contributed by atoms with Crippen molar-refractivity contribution in [3.05, 3.63) is 58.6 Å². The maximum absolute atomic E-state index is 12.9. The van der Waals surface area contributed by atoms with Crippen molar-refractivity contribution in [3.8, 4) is 11.5 Å². The fourth-order valence-electron chi connectivity index (χ4n) is 3.34. The number of halogens is 2. The van der Waals surface area contributed by atoms with E-state index in [2.05, 4.69) is 5.32 Å². The lowest BCUT2D eigenvalue weighted by atomic mass is 10.0. The molecule has 1 atom stereocenters. The molecule has 2 aliphatic heterocycles. The number of ether oxygens (including phenoxy) is 2. The summed E-state index contributed by atoms with van der Waals surface area (Å²) in [5, 5.41) is 4.05. The third-order valence-electron chi connectivity index (χ3n) is 4.59. The largest absolute Gasteiger partial charge is 0.454 e. The number of nitrogens with zero attached hydrogens (tertiary/aromatic N) is 1. The van der Waals surface area contributed by atoms with E-state index in [9.17, 15) is 4.79 Å². The summed E-state index contributed by atoms with van der Waals surface area (Å²) in [5.41, 5.74) is 1.98. The van der Waals surface area contributed by atoms with E-state index in [1.807, 2.05) is 47.4 Å². The number of rotatable bonds is 3. The second kappa shape index (κ2) is 8.16. The lowest BCUT2D eigenvalue weighted by molar-refractivity contribution is -0.133. The lowest BCUT2D eigenvalue weighted by Crippen LogP contribution is -2.49. The van der Waals surface area contributed by atoms with Crippen LogP contribution in [0.4, 0.5) is 0 Å². The molecule has 5 nitrogen and oxygen atoms in total.